The van der Waals surface area contributed by atoms with Gasteiger partial charge in [-0.2, -0.15) is 5.10 Å². The van der Waals surface area contributed by atoms with Crippen molar-refractivity contribution >= 4 is 23.2 Å². The number of nitrogens with zero attached hydrogens (tertiary/aromatic N) is 3. The average molecular weight is 513 g/mol. The van der Waals surface area contributed by atoms with Gasteiger partial charge < -0.3 is 20.1 Å². The molecule has 2 aromatic rings. The smallest absolute Gasteiger partial charge is 0.480 e. The van der Waals surface area contributed by atoms with Crippen molar-refractivity contribution in [1.29, 1.82) is 0 Å². The van der Waals surface area contributed by atoms with Crippen LogP contribution in [-0.2, 0) is 15.1 Å². The normalized spacial score (nSPS) is 31.9. The van der Waals surface area contributed by atoms with E-state index in [0.29, 0.717) is 28.7 Å². The van der Waals surface area contributed by atoms with Crippen LogP contribution in [0.4, 0.5) is 18.9 Å². The third-order valence-corrected chi connectivity index (χ3v) is 7.91. The van der Waals surface area contributed by atoms with E-state index in [4.69, 9.17) is 16.3 Å². The van der Waals surface area contributed by atoms with E-state index in [2.05, 4.69) is 15.2 Å². The van der Waals surface area contributed by atoms with E-state index in [0.717, 1.165) is 18.5 Å². The fraction of sp³-hybridized carbons (Fsp3) is 0.565. The van der Waals surface area contributed by atoms with Crippen molar-refractivity contribution in [2.75, 3.05) is 18.0 Å². The molecule has 12 heteroatoms. The van der Waals surface area contributed by atoms with Gasteiger partial charge in [-0.1, -0.05) is 11.6 Å². The number of aromatic nitrogens is 2. The van der Waals surface area contributed by atoms with Crippen LogP contribution in [0.25, 0.3) is 0 Å². The largest absolute Gasteiger partial charge is 0.522 e. The molecule has 2 N–H and O–H groups in total. The number of carbonyl (C=O) groups excluding carboxylic acids is 1. The van der Waals surface area contributed by atoms with Gasteiger partial charge in [0.05, 0.1) is 23.5 Å². The lowest BCUT2D eigenvalue weighted by Crippen LogP contribution is -2.54. The minimum atomic E-state index is -4.62. The molecular formula is C23H24ClF3N4O4. The summed E-state index contributed by atoms with van der Waals surface area (Å²) in [5.74, 6) is 0.521. The van der Waals surface area contributed by atoms with Crippen LogP contribution in [0.15, 0.2) is 30.6 Å². The third-order valence-electron chi connectivity index (χ3n) is 7.68. The van der Waals surface area contributed by atoms with Crippen LogP contribution < -0.4 is 15.0 Å². The number of ether oxygens (including phenoxy) is 2. The summed E-state index contributed by atoms with van der Waals surface area (Å²) in [7, 11) is 0. The van der Waals surface area contributed by atoms with E-state index in [1.54, 1.807) is 29.3 Å². The first-order valence-electron chi connectivity index (χ1n) is 11.6. The van der Waals surface area contributed by atoms with Gasteiger partial charge in [0.1, 0.15) is 11.9 Å². The highest BCUT2D eigenvalue weighted by molar-refractivity contribution is 6.30. The molecule has 0 radical (unpaired) electrons. The Morgan fingerprint density at radius 3 is 2.80 bits per heavy atom. The van der Waals surface area contributed by atoms with Crippen LogP contribution in [0.3, 0.4) is 0 Å². The minimum absolute atomic E-state index is 0.0314. The maximum atomic E-state index is 13.0. The average Bonchev–Trinajstić information content (AvgIpc) is 3.43. The summed E-state index contributed by atoms with van der Waals surface area (Å²) in [6.07, 6.45) is -0.967. The summed E-state index contributed by atoms with van der Waals surface area (Å²) in [6.45, 7) is 0.337. The summed E-state index contributed by atoms with van der Waals surface area (Å²) >= 11 is 6.00. The molecule has 3 saturated carbocycles. The first-order chi connectivity index (χ1) is 16.6. The van der Waals surface area contributed by atoms with E-state index in [1.165, 1.54) is 0 Å². The standard InChI is InChI=1S/C23H24ClF3N4O4/c24-13-1-2-19-16(3-13)18(32)4-20(34-19)21(33)29-17-7-22(5-12(17)6-22)31-9-14(8-28-31)30-10-15(11-30)35-23(25,26)27/h1-3,8-9,12,15,17-18,20,32H,4-7,10-11H2,(H,29,33)/t12?,17?,18-,20+,22?/m1/s1. The minimum Gasteiger partial charge on any atom is -0.480 e. The Hall–Kier alpha value is -2.50. The second kappa shape index (κ2) is 8.01. The molecule has 188 valence electrons. The Labute approximate surface area is 203 Å². The zero-order valence-electron chi connectivity index (χ0n) is 18.5. The lowest BCUT2D eigenvalue weighted by molar-refractivity contribution is -0.344. The molecule has 8 nitrogen and oxygen atoms in total. The van der Waals surface area contributed by atoms with E-state index < -0.39 is 24.7 Å². The Bertz CT molecular complexity index is 1150. The Morgan fingerprint density at radius 1 is 1.29 bits per heavy atom. The number of carbonyl (C=O) groups is 1. The van der Waals surface area contributed by atoms with Crippen molar-refractivity contribution in [2.24, 2.45) is 5.92 Å². The van der Waals surface area contributed by atoms with Crippen molar-refractivity contribution in [1.82, 2.24) is 15.1 Å². The summed E-state index contributed by atoms with van der Waals surface area (Å²) in [5, 5.41) is 18.5. The number of hydrogen-bond donors (Lipinski definition) is 2. The van der Waals surface area contributed by atoms with E-state index in [9.17, 15) is 23.1 Å². The maximum Gasteiger partial charge on any atom is 0.522 e. The lowest BCUT2D eigenvalue weighted by atomic mass is 9.77. The van der Waals surface area contributed by atoms with E-state index >= 15 is 0 Å². The third kappa shape index (κ3) is 4.13. The van der Waals surface area contributed by atoms with Gasteiger partial charge in [0.25, 0.3) is 5.91 Å². The Kier molecular flexibility index (Phi) is 5.25. The number of nitrogens with one attached hydrogen (secondary N) is 1. The lowest BCUT2D eigenvalue weighted by Gasteiger charge is -2.40. The number of hydrogen-bond acceptors (Lipinski definition) is 6. The number of alkyl halides is 3. The van der Waals surface area contributed by atoms with Gasteiger partial charge in [-0.15, -0.1) is 13.2 Å². The van der Waals surface area contributed by atoms with Crippen LogP contribution in [0.5, 0.6) is 5.75 Å². The number of anilines is 1. The van der Waals surface area contributed by atoms with Crippen LogP contribution in [0.1, 0.15) is 37.4 Å². The molecule has 2 aliphatic heterocycles. The molecule has 1 aromatic heterocycles. The second-order valence-electron chi connectivity index (χ2n) is 9.99. The molecule has 1 unspecified atom stereocenters. The molecule has 5 aliphatic rings. The fourth-order valence-electron chi connectivity index (χ4n) is 5.90. The number of fused-ring (bicyclic) bond motifs is 2. The van der Waals surface area contributed by atoms with Crippen LogP contribution in [0, 0.1) is 5.92 Å². The molecule has 4 fully saturated rings. The molecule has 3 aliphatic carbocycles. The van der Waals surface area contributed by atoms with Crippen molar-refractivity contribution in [3.05, 3.63) is 41.2 Å². The van der Waals surface area contributed by atoms with Crippen molar-refractivity contribution in [3.63, 3.8) is 0 Å². The zero-order chi connectivity index (χ0) is 24.5. The summed E-state index contributed by atoms with van der Waals surface area (Å²) in [4.78, 5) is 14.8. The number of aliphatic hydroxyl groups excluding tert-OH is 1. The quantitative estimate of drug-likeness (QED) is 0.640. The van der Waals surface area contributed by atoms with Crippen molar-refractivity contribution in [2.45, 2.75) is 61.9 Å². The highest BCUT2D eigenvalue weighted by Gasteiger charge is 2.58. The SMILES string of the molecule is O=C(NC1CC2(n3cc(N4CC(OC(F)(F)F)C4)cn3)CC1C2)[C@@H]1C[C@@H](O)c2cc(Cl)ccc2O1. The number of aliphatic hydroxyl groups is 1. The first-order valence-corrected chi connectivity index (χ1v) is 12.0. The molecule has 1 saturated heterocycles. The number of rotatable bonds is 5. The summed E-state index contributed by atoms with van der Waals surface area (Å²) < 4.78 is 48.8. The number of halogens is 4. The molecule has 7 rings (SSSR count). The molecule has 3 atom stereocenters. The van der Waals surface area contributed by atoms with Crippen LogP contribution in [-0.4, -0.2) is 58.5 Å². The molecule has 35 heavy (non-hydrogen) atoms. The molecule has 1 amide bonds. The van der Waals surface area contributed by atoms with Gasteiger partial charge in [-0.05, 0) is 43.4 Å². The van der Waals surface area contributed by atoms with E-state index in [1.807, 2.05) is 10.9 Å². The first kappa shape index (κ1) is 22.9. The van der Waals surface area contributed by atoms with Crippen LogP contribution in [0.2, 0.25) is 5.02 Å². The molecular weight excluding hydrogens is 489 g/mol. The Balaban J connectivity index is 1.05. The van der Waals surface area contributed by atoms with Gasteiger partial charge in [0.15, 0.2) is 6.10 Å². The van der Waals surface area contributed by atoms with Gasteiger partial charge in [-0.25, -0.2) is 0 Å². The zero-order valence-corrected chi connectivity index (χ0v) is 19.3. The summed E-state index contributed by atoms with van der Waals surface area (Å²) in [5.41, 5.74) is 1.14. The monoisotopic (exact) mass is 512 g/mol. The summed E-state index contributed by atoms with van der Waals surface area (Å²) in [6, 6.07) is 4.93. The highest BCUT2D eigenvalue weighted by atomic mass is 35.5. The van der Waals surface area contributed by atoms with Crippen molar-refractivity contribution < 1.29 is 32.5 Å². The fourth-order valence-corrected chi connectivity index (χ4v) is 6.08. The van der Waals surface area contributed by atoms with E-state index in [-0.39, 0.29) is 37.0 Å². The number of benzene rings is 1. The topological polar surface area (TPSA) is 88.9 Å². The maximum absolute atomic E-state index is 13.0. The second-order valence-corrected chi connectivity index (χ2v) is 10.4. The molecule has 2 bridgehead atoms. The molecule has 0 spiro atoms. The predicted molar refractivity (Wildman–Crippen MR) is 118 cm³/mol. The van der Waals surface area contributed by atoms with Gasteiger partial charge in [-0.3, -0.25) is 14.2 Å². The Morgan fingerprint density at radius 2 is 2.06 bits per heavy atom. The molecule has 3 heterocycles. The van der Waals surface area contributed by atoms with Gasteiger partial charge in [0.2, 0.25) is 0 Å². The molecule has 1 aromatic carbocycles. The van der Waals surface area contributed by atoms with Gasteiger partial charge >= 0.3 is 6.36 Å². The highest BCUT2D eigenvalue weighted by Crippen LogP contribution is 2.57. The van der Waals surface area contributed by atoms with Crippen molar-refractivity contribution in [3.8, 4) is 5.75 Å². The predicted octanol–water partition coefficient (Wildman–Crippen LogP) is 3.14. The van der Waals surface area contributed by atoms with Crippen LogP contribution >= 0.6 is 11.6 Å². The number of amides is 1. The van der Waals surface area contributed by atoms with Gasteiger partial charge in [0, 0.05) is 42.3 Å².